The molecule has 1 aliphatic rings. The third kappa shape index (κ3) is 4.68. The smallest absolute Gasteiger partial charge is 0.317 e. The summed E-state index contributed by atoms with van der Waals surface area (Å²) in [5.74, 6) is 0.0221. The molecule has 0 heterocycles. The number of carboxylic acids is 1. The van der Waals surface area contributed by atoms with Crippen molar-refractivity contribution in [3.05, 3.63) is 12.7 Å². The van der Waals surface area contributed by atoms with Crippen LogP contribution in [0.25, 0.3) is 0 Å². The minimum atomic E-state index is -0.732. The Balaban J connectivity index is 2.23. The highest BCUT2D eigenvalue weighted by Gasteiger charge is 2.24. The van der Waals surface area contributed by atoms with E-state index >= 15 is 0 Å². The molecule has 0 bridgehead atoms. The molecule has 13 heavy (non-hydrogen) atoms. The number of carbonyl (C=O) groups is 1. The first-order valence-corrected chi connectivity index (χ1v) is 4.77. The van der Waals surface area contributed by atoms with Gasteiger partial charge in [-0.25, -0.2) is 0 Å². The third-order valence-corrected chi connectivity index (χ3v) is 2.22. The van der Waals surface area contributed by atoms with Crippen LogP contribution in [0.2, 0.25) is 0 Å². The summed E-state index contributed by atoms with van der Waals surface area (Å²) in [6.45, 7) is 5.57. The SMILES string of the molecule is C=CCCN(CC(=O)O)CC1CC1. The molecule has 0 aromatic carbocycles. The second-order valence-electron chi connectivity index (χ2n) is 3.65. The van der Waals surface area contributed by atoms with Gasteiger partial charge in [-0.1, -0.05) is 6.08 Å². The van der Waals surface area contributed by atoms with Gasteiger partial charge in [0, 0.05) is 13.1 Å². The van der Waals surface area contributed by atoms with Crippen LogP contribution in [0.5, 0.6) is 0 Å². The van der Waals surface area contributed by atoms with Crippen molar-refractivity contribution in [2.45, 2.75) is 19.3 Å². The first-order chi connectivity index (χ1) is 6.22. The van der Waals surface area contributed by atoms with E-state index in [1.807, 2.05) is 11.0 Å². The minimum Gasteiger partial charge on any atom is -0.480 e. The van der Waals surface area contributed by atoms with Gasteiger partial charge in [0.25, 0.3) is 0 Å². The Morgan fingerprint density at radius 1 is 1.62 bits per heavy atom. The maximum absolute atomic E-state index is 10.5. The summed E-state index contributed by atoms with van der Waals surface area (Å²) >= 11 is 0. The summed E-state index contributed by atoms with van der Waals surface area (Å²) in [6, 6.07) is 0. The molecule has 1 fully saturated rings. The van der Waals surface area contributed by atoms with Crippen LogP contribution in [0.1, 0.15) is 19.3 Å². The van der Waals surface area contributed by atoms with Crippen molar-refractivity contribution >= 4 is 5.97 Å². The van der Waals surface area contributed by atoms with E-state index in [-0.39, 0.29) is 6.54 Å². The van der Waals surface area contributed by atoms with Crippen molar-refractivity contribution in [1.29, 1.82) is 0 Å². The first-order valence-electron chi connectivity index (χ1n) is 4.77. The van der Waals surface area contributed by atoms with Crippen LogP contribution >= 0.6 is 0 Å². The molecule has 0 aromatic heterocycles. The minimum absolute atomic E-state index is 0.171. The molecule has 74 valence electrons. The molecule has 0 spiro atoms. The average molecular weight is 183 g/mol. The van der Waals surface area contributed by atoms with E-state index in [1.165, 1.54) is 12.8 Å². The number of rotatable bonds is 7. The normalized spacial score (nSPS) is 16.1. The molecule has 0 aromatic rings. The van der Waals surface area contributed by atoms with Gasteiger partial charge < -0.3 is 5.11 Å². The van der Waals surface area contributed by atoms with Crippen molar-refractivity contribution in [3.63, 3.8) is 0 Å². The van der Waals surface area contributed by atoms with Gasteiger partial charge in [0.05, 0.1) is 6.54 Å². The topological polar surface area (TPSA) is 40.5 Å². The molecule has 0 aliphatic heterocycles. The summed E-state index contributed by atoms with van der Waals surface area (Å²) in [5, 5.41) is 8.65. The molecule has 1 saturated carbocycles. The van der Waals surface area contributed by atoms with E-state index in [0.29, 0.717) is 0 Å². The molecule has 1 N–H and O–H groups in total. The van der Waals surface area contributed by atoms with E-state index < -0.39 is 5.97 Å². The van der Waals surface area contributed by atoms with Crippen molar-refractivity contribution in [3.8, 4) is 0 Å². The predicted octanol–water partition coefficient (Wildman–Crippen LogP) is 1.36. The van der Waals surface area contributed by atoms with Gasteiger partial charge in [-0.05, 0) is 25.2 Å². The van der Waals surface area contributed by atoms with E-state index in [2.05, 4.69) is 6.58 Å². The largest absolute Gasteiger partial charge is 0.480 e. The monoisotopic (exact) mass is 183 g/mol. The van der Waals surface area contributed by atoms with Gasteiger partial charge in [0.15, 0.2) is 0 Å². The zero-order chi connectivity index (χ0) is 9.68. The molecular formula is C10H17NO2. The Morgan fingerprint density at radius 3 is 2.77 bits per heavy atom. The summed E-state index contributed by atoms with van der Waals surface area (Å²) in [5.41, 5.74) is 0. The van der Waals surface area contributed by atoms with Gasteiger partial charge in [0.1, 0.15) is 0 Å². The maximum Gasteiger partial charge on any atom is 0.317 e. The lowest BCUT2D eigenvalue weighted by Crippen LogP contribution is -2.32. The standard InChI is InChI=1S/C10H17NO2/c1-2-3-6-11(8-10(12)13)7-9-4-5-9/h2,9H,1,3-8H2,(H,12,13). The van der Waals surface area contributed by atoms with Gasteiger partial charge in [-0.2, -0.15) is 0 Å². The van der Waals surface area contributed by atoms with Crippen LogP contribution in [0.15, 0.2) is 12.7 Å². The molecule has 0 radical (unpaired) electrons. The lowest BCUT2D eigenvalue weighted by Gasteiger charge is -2.18. The third-order valence-electron chi connectivity index (χ3n) is 2.22. The fourth-order valence-corrected chi connectivity index (χ4v) is 1.37. The van der Waals surface area contributed by atoms with E-state index in [1.54, 1.807) is 0 Å². The fourth-order valence-electron chi connectivity index (χ4n) is 1.37. The zero-order valence-electron chi connectivity index (χ0n) is 7.91. The lowest BCUT2D eigenvalue weighted by atomic mass is 10.3. The van der Waals surface area contributed by atoms with E-state index in [9.17, 15) is 4.79 Å². The van der Waals surface area contributed by atoms with Gasteiger partial charge in [-0.3, -0.25) is 9.69 Å². The van der Waals surface area contributed by atoms with Crippen LogP contribution < -0.4 is 0 Å². The molecule has 1 aliphatic carbocycles. The highest BCUT2D eigenvalue weighted by molar-refractivity contribution is 5.69. The van der Waals surface area contributed by atoms with Crippen molar-refractivity contribution in [1.82, 2.24) is 4.90 Å². The number of aliphatic carboxylic acids is 1. The molecule has 3 nitrogen and oxygen atoms in total. The molecule has 1 rings (SSSR count). The average Bonchev–Trinajstić information content (AvgIpc) is 2.83. The van der Waals surface area contributed by atoms with Crippen molar-refractivity contribution in [2.75, 3.05) is 19.6 Å². The van der Waals surface area contributed by atoms with Gasteiger partial charge in [-0.15, -0.1) is 6.58 Å². The van der Waals surface area contributed by atoms with E-state index in [4.69, 9.17) is 5.11 Å². The van der Waals surface area contributed by atoms with E-state index in [0.717, 1.165) is 25.4 Å². The molecule has 0 amide bonds. The van der Waals surface area contributed by atoms with Crippen LogP contribution in [-0.2, 0) is 4.79 Å². The Morgan fingerprint density at radius 2 is 2.31 bits per heavy atom. The zero-order valence-corrected chi connectivity index (χ0v) is 7.91. The second kappa shape index (κ2) is 5.02. The number of hydrogen-bond donors (Lipinski definition) is 1. The fraction of sp³-hybridized carbons (Fsp3) is 0.700. The predicted molar refractivity (Wildman–Crippen MR) is 51.6 cm³/mol. The highest BCUT2D eigenvalue weighted by Crippen LogP contribution is 2.29. The Hall–Kier alpha value is -0.830. The highest BCUT2D eigenvalue weighted by atomic mass is 16.4. The summed E-state index contributed by atoms with van der Waals surface area (Å²) in [7, 11) is 0. The van der Waals surface area contributed by atoms with Gasteiger partial charge in [0.2, 0.25) is 0 Å². The molecular weight excluding hydrogens is 166 g/mol. The van der Waals surface area contributed by atoms with Crippen LogP contribution in [0.4, 0.5) is 0 Å². The lowest BCUT2D eigenvalue weighted by molar-refractivity contribution is -0.138. The molecule has 0 saturated heterocycles. The van der Waals surface area contributed by atoms with Crippen molar-refractivity contribution in [2.24, 2.45) is 5.92 Å². The van der Waals surface area contributed by atoms with Crippen molar-refractivity contribution < 1.29 is 9.90 Å². The first kappa shape index (κ1) is 10.3. The second-order valence-corrected chi connectivity index (χ2v) is 3.65. The van der Waals surface area contributed by atoms with Crippen LogP contribution in [0, 0.1) is 5.92 Å². The number of nitrogens with zero attached hydrogens (tertiary/aromatic N) is 1. The van der Waals surface area contributed by atoms with Crippen LogP contribution in [0.3, 0.4) is 0 Å². The molecule has 0 unspecified atom stereocenters. The van der Waals surface area contributed by atoms with Gasteiger partial charge >= 0.3 is 5.97 Å². The Bertz CT molecular complexity index is 187. The summed E-state index contributed by atoms with van der Waals surface area (Å²) in [6.07, 6.45) is 5.25. The Labute approximate surface area is 79.0 Å². The number of hydrogen-bond acceptors (Lipinski definition) is 2. The quantitative estimate of drug-likeness (QED) is 0.606. The summed E-state index contributed by atoms with van der Waals surface area (Å²) in [4.78, 5) is 12.5. The molecule has 3 heteroatoms. The Kier molecular flexibility index (Phi) is 3.96. The summed E-state index contributed by atoms with van der Waals surface area (Å²) < 4.78 is 0. The maximum atomic E-state index is 10.5. The molecule has 0 atom stereocenters. The number of carboxylic acid groups (broad SMARTS) is 1. The van der Waals surface area contributed by atoms with Crippen LogP contribution in [-0.4, -0.2) is 35.6 Å².